The normalized spacial score (nSPS) is 29.1. The van der Waals surface area contributed by atoms with Crippen LogP contribution < -0.4 is 4.74 Å². The van der Waals surface area contributed by atoms with Gasteiger partial charge in [-0.2, -0.15) is 0 Å². The molecule has 0 amide bonds. The van der Waals surface area contributed by atoms with Crippen LogP contribution in [0.5, 0.6) is 5.75 Å². The highest BCUT2D eigenvalue weighted by molar-refractivity contribution is 7.92. The van der Waals surface area contributed by atoms with Crippen LogP contribution in [0.15, 0.2) is 52.3 Å². The van der Waals surface area contributed by atoms with E-state index >= 15 is 0 Å². The molecule has 0 N–H and O–H groups in total. The Morgan fingerprint density at radius 3 is 2.46 bits per heavy atom. The number of fused-ring (bicyclic) bond motifs is 6. The summed E-state index contributed by atoms with van der Waals surface area (Å²) >= 11 is 0. The molecule has 4 aliphatic rings. The van der Waals surface area contributed by atoms with Crippen LogP contribution in [0.1, 0.15) is 12.8 Å². The number of hydrogen-bond acceptors (Lipinski definition) is 4. The molecule has 3 fully saturated rings. The van der Waals surface area contributed by atoms with Crippen molar-refractivity contribution in [3.8, 4) is 16.9 Å². The Morgan fingerprint density at radius 1 is 0.958 bits per heavy atom. The average Bonchev–Trinajstić information content (AvgIpc) is 2.84. The monoisotopic (exact) mass is 341 g/mol. The maximum atomic E-state index is 12.8. The van der Waals surface area contributed by atoms with Gasteiger partial charge in [-0.15, -0.1) is 0 Å². The van der Waals surface area contributed by atoms with Gasteiger partial charge in [0, 0.05) is 17.7 Å². The van der Waals surface area contributed by atoms with E-state index in [9.17, 15) is 8.42 Å². The third-order valence-electron chi connectivity index (χ3n) is 5.59. The third kappa shape index (κ3) is 2.04. The van der Waals surface area contributed by atoms with Crippen LogP contribution in [-0.2, 0) is 9.84 Å². The topological polar surface area (TPSA) is 46.6 Å². The van der Waals surface area contributed by atoms with Gasteiger partial charge in [-0.05, 0) is 56.1 Å². The summed E-state index contributed by atoms with van der Waals surface area (Å²) in [5.41, 5.74) is 1.58. The van der Waals surface area contributed by atoms with Gasteiger partial charge in [0.05, 0.1) is 9.79 Å². The fourth-order valence-electron chi connectivity index (χ4n) is 4.28. The van der Waals surface area contributed by atoms with Crippen molar-refractivity contribution in [3.63, 3.8) is 0 Å². The van der Waals surface area contributed by atoms with E-state index in [2.05, 4.69) is 4.90 Å². The first-order valence-electron chi connectivity index (χ1n) is 8.50. The lowest BCUT2D eigenvalue weighted by Crippen LogP contribution is -2.52. The smallest absolute Gasteiger partial charge is 0.207 e. The van der Waals surface area contributed by atoms with Gasteiger partial charge in [0.1, 0.15) is 11.9 Å². The maximum absolute atomic E-state index is 12.8. The molecule has 24 heavy (non-hydrogen) atoms. The highest BCUT2D eigenvalue weighted by Gasteiger charge is 2.37. The molecule has 2 bridgehead atoms. The van der Waals surface area contributed by atoms with Crippen LogP contribution in [0.2, 0.25) is 0 Å². The largest absolute Gasteiger partial charge is 0.489 e. The van der Waals surface area contributed by atoms with Gasteiger partial charge in [0.25, 0.3) is 0 Å². The van der Waals surface area contributed by atoms with Crippen molar-refractivity contribution in [2.45, 2.75) is 28.7 Å². The van der Waals surface area contributed by atoms with E-state index in [1.807, 2.05) is 24.3 Å². The summed E-state index contributed by atoms with van der Waals surface area (Å²) in [6, 6.07) is 12.7. The Kier molecular flexibility index (Phi) is 3.06. The van der Waals surface area contributed by atoms with E-state index in [0.717, 1.165) is 17.7 Å². The van der Waals surface area contributed by atoms with Crippen LogP contribution >= 0.6 is 0 Å². The van der Waals surface area contributed by atoms with E-state index in [-0.39, 0.29) is 6.10 Å². The standard InChI is InChI=1S/C19H19NO3S/c21-24(22)18-4-2-1-3-15(18)16-6-5-14(11-19(16)24)23-17-12-20-9-7-13(17)8-10-20/h1-6,11,13,17H,7-10,12H2/t17-/m1/s1. The second-order valence-electron chi connectivity index (χ2n) is 6.95. The quantitative estimate of drug-likeness (QED) is 0.719. The van der Waals surface area contributed by atoms with Gasteiger partial charge in [-0.3, -0.25) is 4.90 Å². The molecule has 0 unspecified atom stereocenters. The van der Waals surface area contributed by atoms with Gasteiger partial charge in [-0.1, -0.05) is 18.2 Å². The van der Waals surface area contributed by atoms with Crippen molar-refractivity contribution < 1.29 is 13.2 Å². The zero-order chi connectivity index (χ0) is 16.3. The molecule has 2 aromatic carbocycles. The highest BCUT2D eigenvalue weighted by atomic mass is 32.2. The Balaban J connectivity index is 1.51. The Bertz CT molecular complexity index is 914. The summed E-state index contributed by atoms with van der Waals surface area (Å²) in [5.74, 6) is 1.26. The van der Waals surface area contributed by atoms with Crippen molar-refractivity contribution in [2.75, 3.05) is 19.6 Å². The van der Waals surface area contributed by atoms with E-state index < -0.39 is 9.84 Å². The van der Waals surface area contributed by atoms with E-state index in [0.29, 0.717) is 21.5 Å². The summed E-state index contributed by atoms with van der Waals surface area (Å²) in [6.07, 6.45) is 2.54. The first-order chi connectivity index (χ1) is 11.6. The van der Waals surface area contributed by atoms with Crippen molar-refractivity contribution in [1.29, 1.82) is 0 Å². The Labute approximate surface area is 142 Å². The van der Waals surface area contributed by atoms with Gasteiger partial charge >= 0.3 is 0 Å². The molecule has 6 rings (SSSR count). The molecule has 4 aliphatic heterocycles. The zero-order valence-electron chi connectivity index (χ0n) is 13.3. The Morgan fingerprint density at radius 2 is 1.71 bits per heavy atom. The number of nitrogens with zero attached hydrogens (tertiary/aromatic N) is 1. The van der Waals surface area contributed by atoms with E-state index in [4.69, 9.17) is 4.74 Å². The van der Waals surface area contributed by atoms with Gasteiger partial charge in [-0.25, -0.2) is 8.42 Å². The summed E-state index contributed by atoms with van der Waals surface area (Å²) < 4.78 is 31.8. The molecule has 0 radical (unpaired) electrons. The van der Waals surface area contributed by atoms with Crippen LogP contribution in [-0.4, -0.2) is 39.1 Å². The molecule has 0 aliphatic carbocycles. The van der Waals surface area contributed by atoms with Crippen LogP contribution in [0.4, 0.5) is 0 Å². The fraction of sp³-hybridized carbons (Fsp3) is 0.368. The lowest BCUT2D eigenvalue weighted by molar-refractivity contribution is -0.00785. The van der Waals surface area contributed by atoms with Gasteiger partial charge < -0.3 is 4.74 Å². The predicted octanol–water partition coefficient (Wildman–Crippen LogP) is 2.97. The SMILES string of the molecule is O=S1(=O)c2ccccc2-c2ccc(O[C@@H]3CN4CCC3CC4)cc21. The molecule has 0 saturated carbocycles. The fourth-order valence-corrected chi connectivity index (χ4v) is 5.98. The molecule has 0 aromatic heterocycles. The van der Waals surface area contributed by atoms with Gasteiger partial charge in [0.15, 0.2) is 0 Å². The van der Waals surface area contributed by atoms with Crippen molar-refractivity contribution >= 4 is 9.84 Å². The van der Waals surface area contributed by atoms with Crippen LogP contribution in [0.3, 0.4) is 0 Å². The number of rotatable bonds is 2. The minimum atomic E-state index is -3.43. The highest BCUT2D eigenvalue weighted by Crippen LogP contribution is 2.44. The van der Waals surface area contributed by atoms with Crippen LogP contribution in [0, 0.1) is 5.92 Å². The lowest BCUT2D eigenvalue weighted by atomic mass is 9.86. The first kappa shape index (κ1) is 14.5. The van der Waals surface area contributed by atoms with Crippen LogP contribution in [0.25, 0.3) is 11.1 Å². The molecule has 124 valence electrons. The third-order valence-corrected chi connectivity index (χ3v) is 7.44. The van der Waals surface area contributed by atoms with E-state index in [1.165, 1.54) is 25.9 Å². The molecule has 2 aromatic rings. The first-order valence-corrected chi connectivity index (χ1v) is 9.99. The predicted molar refractivity (Wildman–Crippen MR) is 90.9 cm³/mol. The van der Waals surface area contributed by atoms with E-state index in [1.54, 1.807) is 18.2 Å². The summed E-state index contributed by atoms with van der Waals surface area (Å²) in [5, 5.41) is 0. The molecule has 3 saturated heterocycles. The lowest BCUT2D eigenvalue weighted by Gasteiger charge is -2.44. The van der Waals surface area contributed by atoms with Crippen molar-refractivity contribution in [2.24, 2.45) is 5.92 Å². The van der Waals surface area contributed by atoms with Gasteiger partial charge in [0.2, 0.25) is 9.84 Å². The molecule has 0 spiro atoms. The number of benzene rings is 2. The second-order valence-corrected chi connectivity index (χ2v) is 8.84. The average molecular weight is 341 g/mol. The molecule has 4 heterocycles. The molecule has 1 atom stereocenters. The van der Waals surface area contributed by atoms with Crippen molar-refractivity contribution in [3.05, 3.63) is 42.5 Å². The minimum Gasteiger partial charge on any atom is -0.489 e. The number of ether oxygens (including phenoxy) is 1. The summed E-state index contributed by atoms with van der Waals surface area (Å²) in [6.45, 7) is 3.28. The maximum Gasteiger partial charge on any atom is 0.207 e. The molecule has 5 heteroatoms. The molecule has 4 nitrogen and oxygen atoms in total. The number of piperidine rings is 3. The summed E-state index contributed by atoms with van der Waals surface area (Å²) in [7, 11) is -3.43. The van der Waals surface area contributed by atoms with Crippen molar-refractivity contribution in [1.82, 2.24) is 4.90 Å². The number of hydrogen-bond donors (Lipinski definition) is 0. The second kappa shape index (κ2) is 5.07. The molecular weight excluding hydrogens is 322 g/mol. The summed E-state index contributed by atoms with van der Waals surface area (Å²) in [4.78, 5) is 3.22. The minimum absolute atomic E-state index is 0.178. The molecular formula is C19H19NO3S. The zero-order valence-corrected chi connectivity index (χ0v) is 14.1. The Hall–Kier alpha value is -1.85. The number of sulfone groups is 1.